The second kappa shape index (κ2) is 47.1. The lowest BCUT2D eigenvalue weighted by Crippen LogP contribution is -2.46. The molecule has 524 valence electrons. The molecular formula is C69H122O21. The largest absolute Gasteiger partial charge is 0.481 e. The number of methoxy groups -OCH3 is 4. The minimum Gasteiger partial charge on any atom is -0.481 e. The van der Waals surface area contributed by atoms with E-state index in [1.54, 1.807) is 27.7 Å². The molecule has 4 unspecified atom stereocenters. The van der Waals surface area contributed by atoms with E-state index in [9.17, 15) is 33.6 Å². The molecule has 2 N–H and O–H groups in total. The molecule has 3 fully saturated rings. The Morgan fingerprint density at radius 3 is 0.989 bits per heavy atom. The number of benzene rings is 1. The van der Waals surface area contributed by atoms with Gasteiger partial charge in [0.15, 0.2) is 0 Å². The molecule has 90 heavy (non-hydrogen) atoms. The monoisotopic (exact) mass is 1290 g/mol. The number of rotatable bonds is 18. The van der Waals surface area contributed by atoms with Crippen LogP contribution in [0, 0.1) is 48.7 Å². The molecule has 21 nitrogen and oxygen atoms in total. The minimum absolute atomic E-state index is 0.0719. The van der Waals surface area contributed by atoms with Crippen molar-refractivity contribution in [2.75, 3.05) is 68.1 Å². The van der Waals surface area contributed by atoms with E-state index in [0.717, 1.165) is 64.8 Å². The van der Waals surface area contributed by atoms with Gasteiger partial charge in [-0.1, -0.05) is 120 Å². The molecule has 0 radical (unpaired) electrons. The Bertz CT molecular complexity index is 2130. The van der Waals surface area contributed by atoms with E-state index in [2.05, 4.69) is 81.3 Å². The van der Waals surface area contributed by atoms with Crippen molar-refractivity contribution in [2.24, 2.45) is 48.7 Å². The molecule has 0 aliphatic carbocycles. The average Bonchev–Trinajstić information content (AvgIpc) is 1.06. The maximum absolute atomic E-state index is 11.7. The quantitative estimate of drug-likeness (QED) is 0.0783. The van der Waals surface area contributed by atoms with E-state index in [4.69, 9.17) is 57.8 Å². The average molecular weight is 1290 g/mol. The standard InChI is InChI=1S/2C11H20O3.C10H14.C9H16O3.2C7H14O2.2C6H12O2.2CO2/c2*1-5-11(9(12)13-4)6-10(2,3)7-14-8-11;1-3-9(2)10-7-5-4-6-8-10;1-4-9(2,3)8(10)12-6-7-5-11-7;2*1-5-7(2,3)6(8)9-4;2*1-4-6(2,3)5(7)8;2*2-1-3/h2*5-8H2,1-4H3;4-9H,3H2,1-2H3;7H,4-6H2,1-3H3;2*5H2,1-4H3;2*4H2,1-3H3,(H,7,8);;. The van der Waals surface area contributed by atoms with E-state index in [-0.39, 0.29) is 75.3 Å². The molecule has 3 aliphatic heterocycles. The van der Waals surface area contributed by atoms with Gasteiger partial charge in [-0.15, -0.1) is 0 Å². The zero-order valence-corrected chi connectivity index (χ0v) is 60.5. The van der Waals surface area contributed by atoms with Crippen LogP contribution in [0.25, 0.3) is 0 Å². The fraction of sp³-hybridized carbons (Fsp3) is 0.783. The molecular weight excluding hydrogens is 1160 g/mol. The van der Waals surface area contributed by atoms with Crippen molar-refractivity contribution in [2.45, 2.75) is 235 Å². The maximum Gasteiger partial charge on any atom is 0.373 e. The van der Waals surface area contributed by atoms with Gasteiger partial charge in [-0.05, 0) is 156 Å². The van der Waals surface area contributed by atoms with Gasteiger partial charge in [0.05, 0.1) is 99.4 Å². The van der Waals surface area contributed by atoms with Crippen molar-refractivity contribution in [3.63, 3.8) is 0 Å². The molecule has 3 saturated heterocycles. The first-order chi connectivity index (χ1) is 41.2. The van der Waals surface area contributed by atoms with Crippen LogP contribution in [-0.4, -0.2) is 138 Å². The van der Waals surface area contributed by atoms with Gasteiger partial charge in [-0.25, -0.2) is 0 Å². The number of carboxylic acid groups (broad SMARTS) is 2. The van der Waals surface area contributed by atoms with Gasteiger partial charge < -0.3 is 48.1 Å². The normalized spacial score (nSPS) is 18.5. The van der Waals surface area contributed by atoms with Crippen LogP contribution in [0.5, 0.6) is 0 Å². The fourth-order valence-corrected chi connectivity index (χ4v) is 7.35. The molecule has 4 atom stereocenters. The van der Waals surface area contributed by atoms with Crippen LogP contribution in [0.3, 0.4) is 0 Å². The highest BCUT2D eigenvalue weighted by molar-refractivity contribution is 5.78. The molecule has 0 aromatic heterocycles. The first kappa shape index (κ1) is 95.3. The topological polar surface area (TPSA) is 305 Å². The van der Waals surface area contributed by atoms with Crippen LogP contribution in [0.4, 0.5) is 0 Å². The summed E-state index contributed by atoms with van der Waals surface area (Å²) in [6, 6.07) is 10.6. The van der Waals surface area contributed by atoms with Crippen LogP contribution in [0.15, 0.2) is 30.3 Å². The Hall–Kier alpha value is -5.85. The van der Waals surface area contributed by atoms with Gasteiger partial charge in [0.2, 0.25) is 0 Å². The number of hydrogen-bond donors (Lipinski definition) is 2. The third kappa shape index (κ3) is 40.8. The van der Waals surface area contributed by atoms with Crippen LogP contribution in [0.1, 0.15) is 235 Å². The summed E-state index contributed by atoms with van der Waals surface area (Å²) < 4.78 is 39.9. The molecule has 0 spiro atoms. The van der Waals surface area contributed by atoms with Crippen molar-refractivity contribution in [3.8, 4) is 0 Å². The van der Waals surface area contributed by atoms with Crippen LogP contribution >= 0.6 is 0 Å². The lowest BCUT2D eigenvalue weighted by molar-refractivity contribution is -0.193. The number of ether oxygens (including phenoxy) is 8. The number of epoxide rings is 1. The van der Waals surface area contributed by atoms with Crippen LogP contribution < -0.4 is 0 Å². The number of carbonyl (C=O) groups excluding carboxylic acids is 9. The molecule has 1 aromatic carbocycles. The number of hydrogen-bond acceptors (Lipinski definition) is 19. The van der Waals surface area contributed by atoms with Crippen LogP contribution in [0.2, 0.25) is 0 Å². The summed E-state index contributed by atoms with van der Waals surface area (Å²) in [6.45, 7) is 48.4. The third-order valence-electron chi connectivity index (χ3n) is 16.4. The van der Waals surface area contributed by atoms with E-state index < -0.39 is 33.6 Å². The maximum atomic E-state index is 11.7. The Balaban J connectivity index is -0.000000223. The van der Waals surface area contributed by atoms with Crippen LogP contribution in [-0.2, 0) is 90.6 Å². The Kier molecular flexibility index (Phi) is 49.9. The molecule has 3 aliphatic rings. The van der Waals surface area contributed by atoms with E-state index in [1.165, 1.54) is 40.4 Å². The third-order valence-corrected chi connectivity index (χ3v) is 16.4. The predicted octanol–water partition coefficient (Wildman–Crippen LogP) is 13.6. The number of carbonyl (C=O) groups is 7. The molecule has 0 bridgehead atoms. The Labute approximate surface area is 541 Å². The fourth-order valence-electron chi connectivity index (χ4n) is 7.35. The molecule has 21 heteroatoms. The molecule has 0 amide bonds. The van der Waals surface area contributed by atoms with E-state index in [0.29, 0.717) is 38.6 Å². The van der Waals surface area contributed by atoms with Gasteiger partial charge in [-0.2, -0.15) is 19.2 Å². The van der Waals surface area contributed by atoms with Gasteiger partial charge in [0.25, 0.3) is 0 Å². The first-order valence-corrected chi connectivity index (χ1v) is 31.0. The highest BCUT2D eigenvalue weighted by atomic mass is 16.6. The van der Waals surface area contributed by atoms with Crippen molar-refractivity contribution in [3.05, 3.63) is 35.9 Å². The predicted molar refractivity (Wildman–Crippen MR) is 343 cm³/mol. The summed E-state index contributed by atoms with van der Waals surface area (Å²) >= 11 is 0. The summed E-state index contributed by atoms with van der Waals surface area (Å²) in [5.74, 6) is -1.39. The highest BCUT2D eigenvalue weighted by Gasteiger charge is 2.47. The zero-order chi connectivity index (χ0) is 72.2. The van der Waals surface area contributed by atoms with Gasteiger partial charge in [0.1, 0.15) is 12.7 Å². The minimum atomic E-state index is -0.722. The van der Waals surface area contributed by atoms with Gasteiger partial charge >= 0.3 is 54.1 Å². The number of esters is 5. The summed E-state index contributed by atoms with van der Waals surface area (Å²) in [4.78, 5) is 109. The number of aliphatic carboxylic acids is 2. The first-order valence-electron chi connectivity index (χ1n) is 31.0. The summed E-state index contributed by atoms with van der Waals surface area (Å²) in [5.41, 5.74) is -1.30. The lowest BCUT2D eigenvalue weighted by atomic mass is 9.70. The second-order valence-corrected chi connectivity index (χ2v) is 27.1. The second-order valence-electron chi connectivity index (χ2n) is 27.1. The lowest BCUT2D eigenvalue weighted by Gasteiger charge is -2.42. The summed E-state index contributed by atoms with van der Waals surface area (Å²) in [6.07, 6.45) is 8.96. The van der Waals surface area contributed by atoms with E-state index in [1.807, 2.05) is 90.0 Å². The van der Waals surface area contributed by atoms with Crippen molar-refractivity contribution in [1.29, 1.82) is 0 Å². The number of carboxylic acids is 2. The molecule has 3 heterocycles. The smallest absolute Gasteiger partial charge is 0.373 e. The van der Waals surface area contributed by atoms with E-state index >= 15 is 0 Å². The zero-order valence-electron chi connectivity index (χ0n) is 60.5. The molecule has 4 rings (SSSR count). The summed E-state index contributed by atoms with van der Waals surface area (Å²) in [5, 5.41) is 16.9. The highest BCUT2D eigenvalue weighted by Crippen LogP contribution is 2.43. The van der Waals surface area contributed by atoms with Crippen molar-refractivity contribution < 1.29 is 101 Å². The molecule has 1 aromatic rings. The van der Waals surface area contributed by atoms with Gasteiger partial charge in [0, 0.05) is 0 Å². The SMILES string of the molecule is CCC(C)(C)C(=O)O.CCC(C)(C)C(=O)O.CCC(C)(C)C(=O)OC.CCC(C)(C)C(=O)OC.CCC(C)(C)C(=O)OCC1CO1.CCC(C)c1ccccc1.CCC1(C(=O)OC)COCC(C)(C)C1.CCC1(C(=O)OC)COCC(C)(C)C1.O=C=O.O=C=O. The Morgan fingerprint density at radius 2 is 0.800 bits per heavy atom. The van der Waals surface area contributed by atoms with Crippen molar-refractivity contribution in [1.82, 2.24) is 0 Å². The molecule has 0 saturated carbocycles. The summed E-state index contributed by atoms with van der Waals surface area (Å²) in [7, 11) is 5.72. The van der Waals surface area contributed by atoms with Crippen molar-refractivity contribution >= 4 is 54.1 Å². The van der Waals surface area contributed by atoms with Gasteiger partial charge in [-0.3, -0.25) is 33.6 Å². The Morgan fingerprint density at radius 1 is 0.511 bits per heavy atom.